The number of sulfonamides is 1. The molecule has 8 heteroatoms. The molecule has 4 aromatic rings. The highest BCUT2D eigenvalue weighted by Gasteiger charge is 2.21. The Morgan fingerprint density at radius 3 is 2.53 bits per heavy atom. The number of aromatic nitrogens is 1. The molecule has 188 valence electrons. The van der Waals surface area contributed by atoms with Crippen molar-refractivity contribution >= 4 is 37.3 Å². The third-order valence-corrected chi connectivity index (χ3v) is 9.36. The first kappa shape index (κ1) is 24.7. The molecule has 3 aromatic carbocycles. The van der Waals surface area contributed by atoms with Gasteiger partial charge in [-0.15, -0.1) is 0 Å². The third kappa shape index (κ3) is 5.26. The van der Waals surface area contributed by atoms with Gasteiger partial charge >= 0.3 is 4.87 Å². The van der Waals surface area contributed by atoms with E-state index in [0.29, 0.717) is 17.2 Å². The number of thiazole rings is 1. The van der Waals surface area contributed by atoms with E-state index in [-0.39, 0.29) is 15.8 Å². The molecule has 1 aliphatic rings. The Morgan fingerprint density at radius 1 is 1.06 bits per heavy atom. The zero-order valence-electron chi connectivity index (χ0n) is 20.6. The molecule has 0 amide bonds. The highest BCUT2D eigenvalue weighted by molar-refractivity contribution is 7.89. The first-order valence-corrected chi connectivity index (χ1v) is 14.6. The van der Waals surface area contributed by atoms with Crippen molar-refractivity contribution in [2.24, 2.45) is 5.92 Å². The third-order valence-electron chi connectivity index (χ3n) is 6.88. The van der Waals surface area contributed by atoms with Crippen LogP contribution in [0.25, 0.3) is 10.2 Å². The Bertz CT molecular complexity index is 1510. The van der Waals surface area contributed by atoms with Crippen LogP contribution in [-0.4, -0.2) is 26.1 Å². The molecule has 36 heavy (non-hydrogen) atoms. The van der Waals surface area contributed by atoms with Crippen molar-refractivity contribution in [2.75, 3.05) is 18.0 Å². The van der Waals surface area contributed by atoms with Crippen LogP contribution < -0.4 is 14.5 Å². The van der Waals surface area contributed by atoms with Gasteiger partial charge in [-0.1, -0.05) is 60.7 Å². The molecule has 0 aliphatic carbocycles. The van der Waals surface area contributed by atoms with E-state index in [4.69, 9.17) is 0 Å². The van der Waals surface area contributed by atoms with Crippen LogP contribution >= 0.6 is 11.3 Å². The standard InChI is InChI=1S/C28H31N3O3S2/c1-20-7-6-16-30(18-20)24-12-10-23(11-13-24)21(2)29-36(33,34)25-14-15-26-27(17-25)35-28(32)31(26)19-22-8-4-3-5-9-22/h3-5,8-15,17,20-21,29H,6-7,16,18-19H2,1-2H3/t20-,21+/m0/s1. The average Bonchev–Trinajstić information content (AvgIpc) is 3.18. The summed E-state index contributed by atoms with van der Waals surface area (Å²) in [6.07, 6.45) is 2.47. The molecule has 5 rings (SSSR count). The van der Waals surface area contributed by atoms with Crippen LogP contribution in [0.15, 0.2) is 82.5 Å². The molecule has 1 aromatic heterocycles. The normalized spacial score (nSPS) is 17.4. The number of benzene rings is 3. The van der Waals surface area contributed by atoms with Gasteiger partial charge in [0.25, 0.3) is 0 Å². The maximum absolute atomic E-state index is 13.2. The topological polar surface area (TPSA) is 71.4 Å². The number of hydrogen-bond donors (Lipinski definition) is 1. The molecule has 0 unspecified atom stereocenters. The molecular weight excluding hydrogens is 490 g/mol. The fourth-order valence-corrected chi connectivity index (χ4v) is 7.16. The van der Waals surface area contributed by atoms with Crippen LogP contribution in [0.3, 0.4) is 0 Å². The van der Waals surface area contributed by atoms with Crippen molar-refractivity contribution in [1.82, 2.24) is 9.29 Å². The molecule has 2 heterocycles. The zero-order chi connectivity index (χ0) is 25.3. The van der Waals surface area contributed by atoms with Gasteiger partial charge in [0.2, 0.25) is 10.0 Å². The number of anilines is 1. The second-order valence-corrected chi connectivity index (χ2v) is 12.4. The highest BCUT2D eigenvalue weighted by Crippen LogP contribution is 2.27. The summed E-state index contributed by atoms with van der Waals surface area (Å²) in [5, 5.41) is 0. The van der Waals surface area contributed by atoms with E-state index in [1.807, 2.05) is 49.4 Å². The Kier molecular flexibility index (Phi) is 7.01. The quantitative estimate of drug-likeness (QED) is 0.354. The number of nitrogens with zero attached hydrogens (tertiary/aromatic N) is 2. The molecule has 0 radical (unpaired) electrons. The molecular formula is C28H31N3O3S2. The van der Waals surface area contributed by atoms with Crippen LogP contribution in [0.2, 0.25) is 0 Å². The number of nitrogens with one attached hydrogen (secondary N) is 1. The van der Waals surface area contributed by atoms with Gasteiger partial charge in [-0.25, -0.2) is 13.1 Å². The zero-order valence-corrected chi connectivity index (χ0v) is 22.2. The van der Waals surface area contributed by atoms with Crippen molar-refractivity contribution in [2.45, 2.75) is 44.2 Å². The molecule has 2 atom stereocenters. The van der Waals surface area contributed by atoms with Crippen molar-refractivity contribution in [3.8, 4) is 0 Å². The van der Waals surface area contributed by atoms with Gasteiger partial charge in [-0.05, 0) is 67.1 Å². The summed E-state index contributed by atoms with van der Waals surface area (Å²) in [5.74, 6) is 0.690. The van der Waals surface area contributed by atoms with Gasteiger partial charge in [0.1, 0.15) is 0 Å². The monoisotopic (exact) mass is 521 g/mol. The lowest BCUT2D eigenvalue weighted by Crippen LogP contribution is -2.34. The summed E-state index contributed by atoms with van der Waals surface area (Å²) >= 11 is 1.07. The first-order chi connectivity index (χ1) is 17.3. The lowest BCUT2D eigenvalue weighted by molar-refractivity contribution is 0.447. The van der Waals surface area contributed by atoms with Gasteiger partial charge in [-0.2, -0.15) is 0 Å². The maximum Gasteiger partial charge on any atom is 0.308 e. The SMILES string of the molecule is C[C@H]1CCCN(c2ccc([C@@H](C)NS(=O)(=O)c3ccc4c(c3)sc(=O)n4Cc3ccccc3)cc2)C1. The minimum atomic E-state index is -3.76. The minimum Gasteiger partial charge on any atom is -0.371 e. The van der Waals surface area contributed by atoms with Gasteiger partial charge in [0.15, 0.2) is 0 Å². The Morgan fingerprint density at radius 2 is 1.81 bits per heavy atom. The lowest BCUT2D eigenvalue weighted by Gasteiger charge is -2.33. The van der Waals surface area contributed by atoms with Crippen molar-refractivity contribution in [1.29, 1.82) is 0 Å². The summed E-state index contributed by atoms with van der Waals surface area (Å²) in [4.78, 5) is 15.1. The molecule has 1 saturated heterocycles. The van der Waals surface area contributed by atoms with E-state index in [9.17, 15) is 13.2 Å². The number of rotatable bonds is 7. The van der Waals surface area contributed by atoms with E-state index in [2.05, 4.69) is 28.7 Å². The molecule has 0 spiro atoms. The van der Waals surface area contributed by atoms with E-state index >= 15 is 0 Å². The van der Waals surface area contributed by atoms with E-state index < -0.39 is 10.0 Å². The highest BCUT2D eigenvalue weighted by atomic mass is 32.2. The molecule has 1 N–H and O–H groups in total. The molecule has 1 aliphatic heterocycles. The minimum absolute atomic E-state index is 0.104. The van der Waals surface area contributed by atoms with Crippen LogP contribution in [0.5, 0.6) is 0 Å². The Balaban J connectivity index is 1.33. The maximum atomic E-state index is 13.2. The van der Waals surface area contributed by atoms with Gasteiger partial charge < -0.3 is 4.90 Å². The first-order valence-electron chi connectivity index (χ1n) is 12.3. The fourth-order valence-electron chi connectivity index (χ4n) is 4.90. The van der Waals surface area contributed by atoms with Crippen LogP contribution in [0.1, 0.15) is 43.9 Å². The molecule has 1 fully saturated rings. The average molecular weight is 522 g/mol. The Hall–Kier alpha value is -2.94. The number of fused-ring (bicyclic) bond motifs is 1. The van der Waals surface area contributed by atoms with Gasteiger partial charge in [0, 0.05) is 24.8 Å². The van der Waals surface area contributed by atoms with E-state index in [1.165, 1.54) is 18.5 Å². The van der Waals surface area contributed by atoms with Gasteiger partial charge in [0.05, 0.1) is 21.7 Å². The Labute approximate surface area is 216 Å². The summed E-state index contributed by atoms with van der Waals surface area (Å²) in [5.41, 5.74) is 3.85. The molecule has 0 saturated carbocycles. The van der Waals surface area contributed by atoms with Crippen molar-refractivity contribution < 1.29 is 8.42 Å². The summed E-state index contributed by atoms with van der Waals surface area (Å²) in [6, 6.07) is 22.4. The number of hydrogen-bond acceptors (Lipinski definition) is 5. The second-order valence-electron chi connectivity index (χ2n) is 9.70. The predicted octanol–water partition coefficient (Wildman–Crippen LogP) is 5.39. The predicted molar refractivity (Wildman–Crippen MR) is 147 cm³/mol. The van der Waals surface area contributed by atoms with Crippen LogP contribution in [0, 0.1) is 5.92 Å². The molecule has 0 bridgehead atoms. The smallest absolute Gasteiger partial charge is 0.308 e. The van der Waals surface area contributed by atoms with Crippen molar-refractivity contribution in [3.05, 3.63) is 93.6 Å². The largest absolute Gasteiger partial charge is 0.371 e. The van der Waals surface area contributed by atoms with E-state index in [0.717, 1.165) is 41.1 Å². The summed E-state index contributed by atoms with van der Waals surface area (Å²) in [7, 11) is -3.76. The lowest BCUT2D eigenvalue weighted by atomic mass is 9.99. The van der Waals surface area contributed by atoms with Crippen LogP contribution in [-0.2, 0) is 16.6 Å². The summed E-state index contributed by atoms with van der Waals surface area (Å²) < 4.78 is 31.5. The fraction of sp³-hybridized carbons (Fsp3) is 0.321. The number of piperidine rings is 1. The van der Waals surface area contributed by atoms with Crippen LogP contribution in [0.4, 0.5) is 5.69 Å². The van der Waals surface area contributed by atoms with Gasteiger partial charge in [-0.3, -0.25) is 9.36 Å². The molecule has 6 nitrogen and oxygen atoms in total. The van der Waals surface area contributed by atoms with Crippen molar-refractivity contribution in [3.63, 3.8) is 0 Å². The second kappa shape index (κ2) is 10.2. The van der Waals surface area contributed by atoms with E-state index in [1.54, 1.807) is 22.8 Å². The summed E-state index contributed by atoms with van der Waals surface area (Å²) in [6.45, 7) is 6.71.